The van der Waals surface area contributed by atoms with Crippen LogP contribution in [0.5, 0.6) is 0 Å². The summed E-state index contributed by atoms with van der Waals surface area (Å²) in [5.74, 6) is 0. The highest BCUT2D eigenvalue weighted by molar-refractivity contribution is 4.94. The fourth-order valence-corrected chi connectivity index (χ4v) is 4.89. The summed E-state index contributed by atoms with van der Waals surface area (Å²) in [6.45, 7) is 5.86. The van der Waals surface area contributed by atoms with Gasteiger partial charge >= 0.3 is 0 Å². The molecule has 1 saturated heterocycles. The Bertz CT molecular complexity index is 314. The highest BCUT2D eigenvalue weighted by atomic mass is 16.5. The molecule has 1 heterocycles. The molecule has 0 aromatic carbocycles. The van der Waals surface area contributed by atoms with Crippen molar-refractivity contribution in [2.75, 3.05) is 6.61 Å². The lowest BCUT2D eigenvalue weighted by molar-refractivity contribution is -0.110. The summed E-state index contributed by atoms with van der Waals surface area (Å²) >= 11 is 0. The van der Waals surface area contributed by atoms with Crippen LogP contribution in [0.25, 0.3) is 0 Å². The second-order valence-electron chi connectivity index (χ2n) is 8.41. The van der Waals surface area contributed by atoms with Crippen LogP contribution in [0.3, 0.4) is 0 Å². The number of hydrogen-bond acceptors (Lipinski definition) is 2. The smallest absolute Gasteiger partial charge is 0.0697 e. The first-order chi connectivity index (χ1) is 9.57. The Labute approximate surface area is 125 Å². The molecule has 0 bridgehead atoms. The molecule has 2 heteroatoms. The van der Waals surface area contributed by atoms with E-state index in [0.29, 0.717) is 11.5 Å². The minimum atomic E-state index is 0.248. The molecule has 1 N–H and O–H groups in total. The normalized spacial score (nSPS) is 36.9. The molecule has 2 nitrogen and oxygen atoms in total. The van der Waals surface area contributed by atoms with E-state index < -0.39 is 0 Å². The summed E-state index contributed by atoms with van der Waals surface area (Å²) in [5.41, 5.74) is 0.794. The molecule has 0 amide bonds. The van der Waals surface area contributed by atoms with Crippen molar-refractivity contribution in [1.82, 2.24) is 5.32 Å². The lowest BCUT2D eigenvalue weighted by Gasteiger charge is -2.45. The molecule has 1 spiro atoms. The molecule has 3 aliphatic rings. The van der Waals surface area contributed by atoms with Gasteiger partial charge in [-0.05, 0) is 50.4 Å². The summed E-state index contributed by atoms with van der Waals surface area (Å²) in [4.78, 5) is 0. The topological polar surface area (TPSA) is 21.3 Å². The van der Waals surface area contributed by atoms with Crippen LogP contribution < -0.4 is 5.32 Å². The maximum atomic E-state index is 6.23. The first-order valence-corrected chi connectivity index (χ1v) is 8.97. The van der Waals surface area contributed by atoms with Gasteiger partial charge in [0.25, 0.3) is 0 Å². The lowest BCUT2D eigenvalue weighted by atomic mass is 9.74. The molecule has 0 radical (unpaired) electrons. The zero-order valence-corrected chi connectivity index (χ0v) is 13.5. The van der Waals surface area contributed by atoms with Gasteiger partial charge in [0, 0.05) is 18.7 Å². The monoisotopic (exact) mass is 279 g/mol. The Balaban J connectivity index is 1.54. The molecule has 0 aromatic heterocycles. The molecule has 1 aliphatic heterocycles. The van der Waals surface area contributed by atoms with Crippen molar-refractivity contribution in [3.8, 4) is 0 Å². The summed E-state index contributed by atoms with van der Waals surface area (Å²) < 4.78 is 6.23. The van der Waals surface area contributed by atoms with E-state index in [9.17, 15) is 0 Å². The second kappa shape index (κ2) is 5.96. The number of ether oxygens (including phenoxy) is 1. The molecule has 2 atom stereocenters. The first kappa shape index (κ1) is 14.8. The summed E-state index contributed by atoms with van der Waals surface area (Å²) in [7, 11) is 0. The molecule has 3 rings (SSSR count). The minimum absolute atomic E-state index is 0.248. The van der Waals surface area contributed by atoms with Crippen molar-refractivity contribution in [2.45, 2.75) is 102 Å². The molecular formula is C18H33NO. The number of hydrogen-bond donors (Lipinski definition) is 1. The largest absolute Gasteiger partial charge is 0.375 e. The Morgan fingerprint density at radius 3 is 2.35 bits per heavy atom. The van der Waals surface area contributed by atoms with Crippen molar-refractivity contribution in [2.24, 2.45) is 5.41 Å². The Morgan fingerprint density at radius 1 is 0.850 bits per heavy atom. The van der Waals surface area contributed by atoms with Gasteiger partial charge in [-0.2, -0.15) is 0 Å². The highest BCUT2D eigenvalue weighted by Crippen LogP contribution is 2.40. The zero-order valence-electron chi connectivity index (χ0n) is 13.5. The van der Waals surface area contributed by atoms with Crippen LogP contribution in [0.15, 0.2) is 0 Å². The van der Waals surface area contributed by atoms with Gasteiger partial charge < -0.3 is 10.1 Å². The van der Waals surface area contributed by atoms with Crippen LogP contribution in [0.1, 0.15) is 84.5 Å². The average molecular weight is 279 g/mol. The van der Waals surface area contributed by atoms with E-state index in [1.54, 1.807) is 0 Å². The van der Waals surface area contributed by atoms with Crippen LogP contribution in [0.4, 0.5) is 0 Å². The van der Waals surface area contributed by atoms with E-state index in [-0.39, 0.29) is 5.60 Å². The van der Waals surface area contributed by atoms with E-state index in [1.807, 2.05) is 0 Å². The Kier molecular flexibility index (Phi) is 4.42. The third-order valence-corrected chi connectivity index (χ3v) is 5.93. The van der Waals surface area contributed by atoms with Crippen molar-refractivity contribution in [3.63, 3.8) is 0 Å². The molecule has 2 unspecified atom stereocenters. The predicted molar refractivity (Wildman–Crippen MR) is 84.0 cm³/mol. The van der Waals surface area contributed by atoms with E-state index in [1.165, 1.54) is 70.6 Å². The number of nitrogens with one attached hydrogen (secondary N) is 1. The quantitative estimate of drug-likeness (QED) is 0.807. The predicted octanol–water partition coefficient (Wildman–Crippen LogP) is 4.43. The lowest BCUT2D eigenvalue weighted by Crippen LogP contribution is -2.51. The third-order valence-electron chi connectivity index (χ3n) is 5.93. The standard InChI is InChI=1S/C18H33NO/c1-17(2)9-6-7-15(13-17)19-16-8-12-20-18(14-16)10-4-3-5-11-18/h15-16,19H,3-14H2,1-2H3. The van der Waals surface area contributed by atoms with Gasteiger partial charge in [0.05, 0.1) is 5.60 Å². The minimum Gasteiger partial charge on any atom is -0.375 e. The third kappa shape index (κ3) is 3.57. The zero-order chi connectivity index (χ0) is 14.1. The van der Waals surface area contributed by atoms with Gasteiger partial charge in [0.2, 0.25) is 0 Å². The van der Waals surface area contributed by atoms with Crippen LogP contribution >= 0.6 is 0 Å². The summed E-state index contributed by atoms with van der Waals surface area (Å²) in [5, 5.41) is 4.00. The number of rotatable bonds is 2. The van der Waals surface area contributed by atoms with E-state index >= 15 is 0 Å². The molecule has 116 valence electrons. The van der Waals surface area contributed by atoms with Crippen LogP contribution in [-0.2, 0) is 4.74 Å². The molecule has 3 fully saturated rings. The van der Waals surface area contributed by atoms with E-state index in [0.717, 1.165) is 12.6 Å². The molecule has 0 aromatic rings. The fraction of sp³-hybridized carbons (Fsp3) is 1.00. The van der Waals surface area contributed by atoms with Crippen molar-refractivity contribution < 1.29 is 4.74 Å². The Hall–Kier alpha value is -0.0800. The van der Waals surface area contributed by atoms with Crippen molar-refractivity contribution >= 4 is 0 Å². The fourth-order valence-electron chi connectivity index (χ4n) is 4.89. The first-order valence-electron chi connectivity index (χ1n) is 8.97. The van der Waals surface area contributed by atoms with E-state index in [4.69, 9.17) is 4.74 Å². The van der Waals surface area contributed by atoms with Gasteiger partial charge in [0.1, 0.15) is 0 Å². The Morgan fingerprint density at radius 2 is 1.60 bits per heavy atom. The van der Waals surface area contributed by atoms with Gasteiger partial charge in [0.15, 0.2) is 0 Å². The van der Waals surface area contributed by atoms with Crippen LogP contribution in [0, 0.1) is 5.41 Å². The average Bonchev–Trinajstić information content (AvgIpc) is 2.38. The van der Waals surface area contributed by atoms with Gasteiger partial charge in [-0.25, -0.2) is 0 Å². The van der Waals surface area contributed by atoms with Gasteiger partial charge in [-0.15, -0.1) is 0 Å². The maximum absolute atomic E-state index is 6.23. The molecule has 20 heavy (non-hydrogen) atoms. The summed E-state index contributed by atoms with van der Waals surface area (Å²) in [6.07, 6.45) is 14.8. The van der Waals surface area contributed by atoms with E-state index in [2.05, 4.69) is 19.2 Å². The van der Waals surface area contributed by atoms with Crippen LogP contribution in [-0.4, -0.2) is 24.3 Å². The van der Waals surface area contributed by atoms with Gasteiger partial charge in [-0.1, -0.05) is 39.5 Å². The van der Waals surface area contributed by atoms with Crippen LogP contribution in [0.2, 0.25) is 0 Å². The molecule has 2 saturated carbocycles. The maximum Gasteiger partial charge on any atom is 0.0697 e. The molecule has 2 aliphatic carbocycles. The van der Waals surface area contributed by atoms with Gasteiger partial charge in [-0.3, -0.25) is 0 Å². The van der Waals surface area contributed by atoms with Crippen molar-refractivity contribution in [1.29, 1.82) is 0 Å². The highest BCUT2D eigenvalue weighted by Gasteiger charge is 2.39. The second-order valence-corrected chi connectivity index (χ2v) is 8.41. The molecular weight excluding hydrogens is 246 g/mol. The SMILES string of the molecule is CC1(C)CCCC(NC2CCOC3(CCCCC3)C2)C1. The summed E-state index contributed by atoms with van der Waals surface area (Å²) in [6, 6.07) is 1.46. The van der Waals surface area contributed by atoms with Crippen molar-refractivity contribution in [3.05, 3.63) is 0 Å².